The second-order valence-corrected chi connectivity index (χ2v) is 7.48. The zero-order valence-corrected chi connectivity index (χ0v) is 17.0. The van der Waals surface area contributed by atoms with E-state index in [1.54, 1.807) is 36.0 Å². The van der Waals surface area contributed by atoms with Gasteiger partial charge >= 0.3 is 0 Å². The van der Waals surface area contributed by atoms with Crippen molar-refractivity contribution in [3.8, 4) is 16.9 Å². The van der Waals surface area contributed by atoms with Gasteiger partial charge in [0.1, 0.15) is 5.82 Å². The molecule has 4 aromatic rings. The number of thiazole rings is 1. The first-order chi connectivity index (χ1) is 14.4. The molecule has 0 fully saturated rings. The Bertz CT molecular complexity index is 1250. The molecule has 0 unspecified atom stereocenters. The lowest BCUT2D eigenvalue weighted by Crippen LogP contribution is -2.24. The number of anilines is 1. The molecule has 2 aromatic heterocycles. The van der Waals surface area contributed by atoms with Crippen molar-refractivity contribution in [2.24, 2.45) is 0 Å². The summed E-state index contributed by atoms with van der Waals surface area (Å²) in [5.74, 6) is -1.86. The van der Waals surface area contributed by atoms with Gasteiger partial charge in [-0.1, -0.05) is 30.3 Å². The monoisotopic (exact) mass is 420 g/mol. The average molecular weight is 420 g/mol. The Labute approximate surface area is 176 Å². The Kier molecular flexibility index (Phi) is 5.24. The van der Waals surface area contributed by atoms with Gasteiger partial charge in [0.25, 0.3) is 11.7 Å². The van der Waals surface area contributed by atoms with Crippen molar-refractivity contribution in [2.75, 3.05) is 5.32 Å². The van der Waals surface area contributed by atoms with Crippen LogP contribution < -0.4 is 5.32 Å². The van der Waals surface area contributed by atoms with E-state index in [0.717, 1.165) is 17.0 Å². The van der Waals surface area contributed by atoms with Crippen LogP contribution in [0.1, 0.15) is 21.7 Å². The van der Waals surface area contributed by atoms with Gasteiger partial charge in [0.15, 0.2) is 5.13 Å². The van der Waals surface area contributed by atoms with Gasteiger partial charge in [0, 0.05) is 10.9 Å². The highest BCUT2D eigenvalue weighted by Gasteiger charge is 2.25. The lowest BCUT2D eigenvalue weighted by atomic mass is 10.1. The normalized spacial score (nSPS) is 10.8. The molecule has 8 heteroatoms. The Hall–Kier alpha value is -3.65. The number of benzene rings is 2. The topological polar surface area (TPSA) is 76.9 Å². The van der Waals surface area contributed by atoms with Crippen molar-refractivity contribution in [1.82, 2.24) is 14.8 Å². The van der Waals surface area contributed by atoms with E-state index in [1.807, 2.05) is 30.3 Å². The molecule has 0 atom stereocenters. The number of carbonyl (C=O) groups is 2. The summed E-state index contributed by atoms with van der Waals surface area (Å²) in [4.78, 5) is 29.7. The molecule has 0 saturated heterocycles. The fraction of sp³-hybridized carbons (Fsp3) is 0.0909. The number of halogens is 1. The molecule has 6 nitrogen and oxygen atoms in total. The summed E-state index contributed by atoms with van der Waals surface area (Å²) in [5, 5.41) is 8.90. The van der Waals surface area contributed by atoms with Gasteiger partial charge in [-0.3, -0.25) is 14.9 Å². The number of rotatable bonds is 5. The largest absolute Gasteiger partial charge is 0.298 e. The molecule has 0 aliphatic rings. The number of ketones is 1. The van der Waals surface area contributed by atoms with Crippen molar-refractivity contribution in [3.63, 3.8) is 0 Å². The van der Waals surface area contributed by atoms with Gasteiger partial charge in [0.05, 0.1) is 28.3 Å². The Morgan fingerprint density at radius 3 is 2.57 bits per heavy atom. The number of para-hydroxylation sites is 1. The molecule has 0 bridgehead atoms. The van der Waals surface area contributed by atoms with Crippen LogP contribution >= 0.6 is 11.3 Å². The minimum Gasteiger partial charge on any atom is -0.295 e. The second-order valence-electron chi connectivity index (χ2n) is 6.62. The van der Waals surface area contributed by atoms with Gasteiger partial charge in [-0.05, 0) is 38.1 Å². The number of aryl methyl sites for hydroxylation is 1. The highest BCUT2D eigenvalue weighted by molar-refractivity contribution is 7.14. The minimum atomic E-state index is -0.797. The first-order valence-electron chi connectivity index (χ1n) is 9.13. The third-order valence-corrected chi connectivity index (χ3v) is 5.33. The Balaban J connectivity index is 1.55. The molecule has 30 heavy (non-hydrogen) atoms. The first-order valence-corrected chi connectivity index (χ1v) is 10.0. The Morgan fingerprint density at radius 1 is 1.07 bits per heavy atom. The average Bonchev–Trinajstić information content (AvgIpc) is 3.32. The number of aromatic nitrogens is 3. The molecule has 4 rings (SSSR count). The van der Waals surface area contributed by atoms with E-state index in [1.165, 1.54) is 12.1 Å². The van der Waals surface area contributed by atoms with Crippen molar-refractivity contribution in [3.05, 3.63) is 82.7 Å². The molecule has 0 radical (unpaired) electrons. The number of nitrogens with one attached hydrogen (secondary N) is 1. The lowest BCUT2D eigenvalue weighted by molar-refractivity contribution is -0.112. The molecular weight excluding hydrogens is 403 g/mol. The molecule has 1 N–H and O–H groups in total. The van der Waals surface area contributed by atoms with Gasteiger partial charge in [-0.2, -0.15) is 5.10 Å². The lowest BCUT2D eigenvalue weighted by Gasteiger charge is -2.05. The van der Waals surface area contributed by atoms with Crippen LogP contribution in [0.3, 0.4) is 0 Å². The zero-order chi connectivity index (χ0) is 21.3. The number of hydrogen-bond acceptors (Lipinski definition) is 5. The van der Waals surface area contributed by atoms with Crippen LogP contribution in [0, 0.1) is 19.7 Å². The molecule has 0 aliphatic heterocycles. The molecule has 1 amide bonds. The summed E-state index contributed by atoms with van der Waals surface area (Å²) in [6.45, 7) is 3.44. The van der Waals surface area contributed by atoms with Gasteiger partial charge < -0.3 is 0 Å². The first kappa shape index (κ1) is 19.7. The predicted molar refractivity (Wildman–Crippen MR) is 114 cm³/mol. The summed E-state index contributed by atoms with van der Waals surface area (Å²) in [6.07, 6.45) is 0. The van der Waals surface area contributed by atoms with E-state index in [4.69, 9.17) is 0 Å². The molecule has 2 heterocycles. The maximum atomic E-state index is 13.4. The van der Waals surface area contributed by atoms with Crippen molar-refractivity contribution < 1.29 is 14.0 Å². The molecule has 0 aliphatic carbocycles. The van der Waals surface area contributed by atoms with Gasteiger partial charge in [0.2, 0.25) is 0 Å². The molecule has 2 aromatic carbocycles. The van der Waals surface area contributed by atoms with Crippen LogP contribution in [0.4, 0.5) is 9.52 Å². The maximum Gasteiger partial charge on any atom is 0.298 e. The van der Waals surface area contributed by atoms with E-state index in [9.17, 15) is 14.0 Å². The van der Waals surface area contributed by atoms with Crippen molar-refractivity contribution >= 4 is 28.2 Å². The van der Waals surface area contributed by atoms with Crippen molar-refractivity contribution in [2.45, 2.75) is 13.8 Å². The van der Waals surface area contributed by atoms with Gasteiger partial charge in [-0.25, -0.2) is 14.1 Å². The summed E-state index contributed by atoms with van der Waals surface area (Å²) < 4.78 is 15.1. The summed E-state index contributed by atoms with van der Waals surface area (Å²) in [5.41, 5.74) is 3.23. The smallest absolute Gasteiger partial charge is 0.295 e. The van der Waals surface area contributed by atoms with E-state index >= 15 is 0 Å². The van der Waals surface area contributed by atoms with E-state index in [0.29, 0.717) is 22.6 Å². The van der Waals surface area contributed by atoms with Crippen LogP contribution in [0.5, 0.6) is 0 Å². The second kappa shape index (κ2) is 8.00. The predicted octanol–water partition coefficient (Wildman–Crippen LogP) is 4.57. The summed E-state index contributed by atoms with van der Waals surface area (Å²) >= 11 is 1.16. The number of hydrogen-bond donors (Lipinski definition) is 1. The number of amides is 1. The number of Topliss-reactive ketones (excluding diaryl/α,β-unsaturated/α-hetero) is 1. The maximum absolute atomic E-state index is 13.4. The van der Waals surface area contributed by atoms with Crippen LogP contribution in [-0.4, -0.2) is 26.5 Å². The standard InChI is InChI=1S/C22H17FN4O2S/c1-13-19(14(2)27(26-13)17-9-4-3-5-10-17)20(28)21(29)25-22-24-18(12-30-22)15-7-6-8-16(23)11-15/h3-12H,1-2H3,(H,24,25,29). The number of carbonyl (C=O) groups excluding carboxylic acids is 2. The third-order valence-electron chi connectivity index (χ3n) is 4.57. The van der Waals surface area contributed by atoms with E-state index < -0.39 is 11.7 Å². The summed E-state index contributed by atoms with van der Waals surface area (Å²) in [6, 6.07) is 15.4. The highest BCUT2D eigenvalue weighted by Crippen LogP contribution is 2.26. The molecule has 150 valence electrons. The number of nitrogens with zero attached hydrogens (tertiary/aromatic N) is 3. The van der Waals surface area contributed by atoms with Crippen LogP contribution in [0.25, 0.3) is 16.9 Å². The minimum absolute atomic E-state index is 0.262. The SMILES string of the molecule is Cc1nn(-c2ccccc2)c(C)c1C(=O)C(=O)Nc1nc(-c2cccc(F)c2)cs1. The fourth-order valence-electron chi connectivity index (χ4n) is 3.17. The van der Waals surface area contributed by atoms with E-state index in [-0.39, 0.29) is 16.5 Å². The quantitative estimate of drug-likeness (QED) is 0.379. The van der Waals surface area contributed by atoms with Crippen molar-refractivity contribution in [1.29, 1.82) is 0 Å². The molecule has 0 saturated carbocycles. The highest BCUT2D eigenvalue weighted by atomic mass is 32.1. The molecule has 0 spiro atoms. The molecular formula is C22H17FN4O2S. The van der Waals surface area contributed by atoms with Gasteiger partial charge in [-0.15, -0.1) is 11.3 Å². The fourth-order valence-corrected chi connectivity index (χ4v) is 3.89. The van der Waals surface area contributed by atoms with Crippen LogP contribution in [0.2, 0.25) is 0 Å². The third kappa shape index (κ3) is 3.77. The van der Waals surface area contributed by atoms with Crippen LogP contribution in [-0.2, 0) is 4.79 Å². The van der Waals surface area contributed by atoms with Crippen LogP contribution in [0.15, 0.2) is 60.0 Å². The summed E-state index contributed by atoms with van der Waals surface area (Å²) in [7, 11) is 0. The zero-order valence-electron chi connectivity index (χ0n) is 16.2. The Morgan fingerprint density at radius 2 is 1.83 bits per heavy atom. The van der Waals surface area contributed by atoms with E-state index in [2.05, 4.69) is 15.4 Å².